The Kier molecular flexibility index (Phi) is 8.92. The molecular formula is C18H25NO6. The first-order chi connectivity index (χ1) is 12.0. The van der Waals surface area contributed by atoms with E-state index in [0.717, 1.165) is 5.56 Å². The Labute approximate surface area is 147 Å². The summed E-state index contributed by atoms with van der Waals surface area (Å²) in [7, 11) is 1.55. The number of carbonyl (C=O) groups excluding carboxylic acids is 1. The predicted octanol–water partition coefficient (Wildman–Crippen LogP) is 3.08. The number of rotatable bonds is 11. The number of hydrogen-bond acceptors (Lipinski definition) is 5. The second kappa shape index (κ2) is 11.0. The Bertz CT molecular complexity index is 587. The number of benzene rings is 1. The SMILES string of the molecule is C=CCOC(=O)N(CC)Cc1ccc(OC)cc1OCCCC(=O)O. The average molecular weight is 351 g/mol. The number of amides is 1. The summed E-state index contributed by atoms with van der Waals surface area (Å²) in [5, 5.41) is 8.69. The lowest BCUT2D eigenvalue weighted by Gasteiger charge is -2.22. The number of ether oxygens (including phenoxy) is 3. The summed E-state index contributed by atoms with van der Waals surface area (Å²) in [5.74, 6) is 0.311. The summed E-state index contributed by atoms with van der Waals surface area (Å²) in [6.07, 6.45) is 1.50. The number of methoxy groups -OCH3 is 1. The van der Waals surface area contributed by atoms with Gasteiger partial charge in [0.1, 0.15) is 18.1 Å². The van der Waals surface area contributed by atoms with Gasteiger partial charge < -0.3 is 24.2 Å². The van der Waals surface area contributed by atoms with Crippen molar-refractivity contribution < 1.29 is 28.9 Å². The van der Waals surface area contributed by atoms with E-state index >= 15 is 0 Å². The van der Waals surface area contributed by atoms with Gasteiger partial charge in [-0.25, -0.2) is 4.79 Å². The van der Waals surface area contributed by atoms with Gasteiger partial charge in [-0.3, -0.25) is 4.79 Å². The highest BCUT2D eigenvalue weighted by atomic mass is 16.6. The van der Waals surface area contributed by atoms with Gasteiger partial charge in [0.15, 0.2) is 0 Å². The molecular weight excluding hydrogens is 326 g/mol. The molecule has 1 amide bonds. The van der Waals surface area contributed by atoms with Crippen molar-refractivity contribution in [3.63, 3.8) is 0 Å². The number of nitrogens with zero attached hydrogens (tertiary/aromatic N) is 1. The van der Waals surface area contributed by atoms with E-state index in [9.17, 15) is 9.59 Å². The van der Waals surface area contributed by atoms with E-state index in [1.54, 1.807) is 19.2 Å². The zero-order valence-corrected chi connectivity index (χ0v) is 14.7. The van der Waals surface area contributed by atoms with Gasteiger partial charge >= 0.3 is 12.1 Å². The lowest BCUT2D eigenvalue weighted by atomic mass is 10.1. The Hall–Kier alpha value is -2.70. The molecule has 1 N–H and O–H groups in total. The van der Waals surface area contributed by atoms with Gasteiger partial charge in [-0.05, 0) is 25.5 Å². The van der Waals surface area contributed by atoms with E-state index in [1.807, 2.05) is 13.0 Å². The fourth-order valence-electron chi connectivity index (χ4n) is 2.06. The summed E-state index contributed by atoms with van der Waals surface area (Å²) < 4.78 is 16.0. The minimum Gasteiger partial charge on any atom is -0.497 e. The van der Waals surface area contributed by atoms with E-state index in [1.165, 1.54) is 11.0 Å². The Balaban J connectivity index is 2.82. The number of aliphatic carboxylic acids is 1. The lowest BCUT2D eigenvalue weighted by molar-refractivity contribution is -0.137. The molecule has 0 aliphatic heterocycles. The summed E-state index contributed by atoms with van der Waals surface area (Å²) in [4.78, 5) is 24.2. The van der Waals surface area contributed by atoms with Crippen LogP contribution in [0.25, 0.3) is 0 Å². The average Bonchev–Trinajstić information content (AvgIpc) is 2.61. The maximum Gasteiger partial charge on any atom is 0.410 e. The Morgan fingerprint density at radius 1 is 1.36 bits per heavy atom. The minimum absolute atomic E-state index is 0.0360. The number of carboxylic acid groups (broad SMARTS) is 1. The van der Waals surface area contributed by atoms with Crippen LogP contribution in [0.15, 0.2) is 30.9 Å². The number of carbonyl (C=O) groups is 2. The third-order valence-electron chi connectivity index (χ3n) is 3.39. The van der Waals surface area contributed by atoms with Crippen molar-refractivity contribution in [3.8, 4) is 11.5 Å². The third-order valence-corrected chi connectivity index (χ3v) is 3.39. The molecule has 1 rings (SSSR count). The van der Waals surface area contributed by atoms with Crippen molar-refractivity contribution in [3.05, 3.63) is 36.4 Å². The molecule has 138 valence electrons. The maximum absolute atomic E-state index is 12.0. The van der Waals surface area contributed by atoms with Crippen molar-refractivity contribution in [2.45, 2.75) is 26.3 Å². The van der Waals surface area contributed by atoms with E-state index in [0.29, 0.717) is 31.0 Å². The highest BCUT2D eigenvalue weighted by Crippen LogP contribution is 2.26. The first-order valence-electron chi connectivity index (χ1n) is 8.05. The molecule has 7 nitrogen and oxygen atoms in total. The van der Waals surface area contributed by atoms with Crippen molar-refractivity contribution >= 4 is 12.1 Å². The highest BCUT2D eigenvalue weighted by Gasteiger charge is 2.16. The van der Waals surface area contributed by atoms with Gasteiger partial charge in [-0.15, -0.1) is 0 Å². The third kappa shape index (κ3) is 7.15. The summed E-state index contributed by atoms with van der Waals surface area (Å²) in [5.41, 5.74) is 0.786. The fraction of sp³-hybridized carbons (Fsp3) is 0.444. The lowest BCUT2D eigenvalue weighted by Crippen LogP contribution is -2.31. The molecule has 1 aromatic carbocycles. The normalized spacial score (nSPS) is 10.0. The van der Waals surface area contributed by atoms with E-state index in [4.69, 9.17) is 19.3 Å². The van der Waals surface area contributed by atoms with Crippen LogP contribution in [0.5, 0.6) is 11.5 Å². The largest absolute Gasteiger partial charge is 0.497 e. The molecule has 0 spiro atoms. The summed E-state index contributed by atoms with van der Waals surface area (Å²) in [6.45, 7) is 6.57. The topological polar surface area (TPSA) is 85.3 Å². The summed E-state index contributed by atoms with van der Waals surface area (Å²) >= 11 is 0. The van der Waals surface area contributed by atoms with Gasteiger partial charge in [0.25, 0.3) is 0 Å². The van der Waals surface area contributed by atoms with Crippen molar-refractivity contribution in [1.82, 2.24) is 4.90 Å². The van der Waals surface area contributed by atoms with Gasteiger partial charge in [0.2, 0.25) is 0 Å². The molecule has 1 aromatic rings. The molecule has 7 heteroatoms. The first-order valence-corrected chi connectivity index (χ1v) is 8.05. The van der Waals surface area contributed by atoms with Crippen LogP contribution in [0.4, 0.5) is 4.79 Å². The molecule has 0 aliphatic rings. The predicted molar refractivity (Wildman–Crippen MR) is 93.0 cm³/mol. The first kappa shape index (κ1) is 20.3. The molecule has 25 heavy (non-hydrogen) atoms. The molecule has 0 saturated carbocycles. The minimum atomic E-state index is -0.864. The second-order valence-electron chi connectivity index (χ2n) is 5.20. The quantitative estimate of drug-likeness (QED) is 0.487. The molecule has 0 bridgehead atoms. The van der Waals surface area contributed by atoms with E-state index in [-0.39, 0.29) is 19.6 Å². The van der Waals surface area contributed by atoms with Crippen LogP contribution >= 0.6 is 0 Å². The molecule has 0 unspecified atom stereocenters. The molecule has 0 radical (unpaired) electrons. The highest BCUT2D eigenvalue weighted by molar-refractivity contribution is 5.68. The second-order valence-corrected chi connectivity index (χ2v) is 5.20. The van der Waals surface area contributed by atoms with Crippen LogP contribution in [0.2, 0.25) is 0 Å². The Morgan fingerprint density at radius 3 is 2.72 bits per heavy atom. The maximum atomic E-state index is 12.0. The van der Waals surface area contributed by atoms with Gasteiger partial charge in [-0.2, -0.15) is 0 Å². The number of hydrogen-bond donors (Lipinski definition) is 1. The van der Waals surface area contributed by atoms with E-state index < -0.39 is 12.1 Å². The molecule has 0 heterocycles. The van der Waals surface area contributed by atoms with Gasteiger partial charge in [0, 0.05) is 24.6 Å². The van der Waals surface area contributed by atoms with Crippen molar-refractivity contribution in [2.24, 2.45) is 0 Å². The molecule has 0 saturated heterocycles. The van der Waals surface area contributed by atoms with Crippen LogP contribution < -0.4 is 9.47 Å². The summed E-state index contributed by atoms with van der Waals surface area (Å²) in [6, 6.07) is 5.32. The Morgan fingerprint density at radius 2 is 2.12 bits per heavy atom. The van der Waals surface area contributed by atoms with Crippen LogP contribution in [-0.4, -0.2) is 48.9 Å². The van der Waals surface area contributed by atoms with Crippen LogP contribution in [-0.2, 0) is 16.1 Å². The monoisotopic (exact) mass is 351 g/mol. The molecule has 0 aromatic heterocycles. The zero-order chi connectivity index (χ0) is 18.7. The van der Waals surface area contributed by atoms with Crippen LogP contribution in [0.3, 0.4) is 0 Å². The standard InChI is InChI=1S/C18H25NO6/c1-4-10-25-18(22)19(5-2)13-14-8-9-15(23-3)12-16(14)24-11-6-7-17(20)21/h4,8-9,12H,1,5-7,10-11,13H2,2-3H3,(H,20,21). The fourth-order valence-corrected chi connectivity index (χ4v) is 2.06. The molecule has 0 aliphatic carbocycles. The van der Waals surface area contributed by atoms with Crippen molar-refractivity contribution in [1.29, 1.82) is 0 Å². The molecule has 0 atom stereocenters. The van der Waals surface area contributed by atoms with Gasteiger partial charge in [0.05, 0.1) is 20.3 Å². The van der Waals surface area contributed by atoms with Crippen molar-refractivity contribution in [2.75, 3.05) is 26.9 Å². The van der Waals surface area contributed by atoms with E-state index in [2.05, 4.69) is 6.58 Å². The van der Waals surface area contributed by atoms with Gasteiger partial charge in [-0.1, -0.05) is 12.7 Å². The van der Waals surface area contributed by atoms with Crippen LogP contribution in [0.1, 0.15) is 25.3 Å². The number of carboxylic acids is 1. The van der Waals surface area contributed by atoms with Crippen LogP contribution in [0, 0.1) is 0 Å². The molecule has 0 fully saturated rings. The smallest absolute Gasteiger partial charge is 0.410 e. The zero-order valence-electron chi connectivity index (χ0n) is 14.7.